The van der Waals surface area contributed by atoms with Crippen LogP contribution in [0.5, 0.6) is 0 Å². The molecule has 0 fully saturated rings. The van der Waals surface area contributed by atoms with E-state index in [-0.39, 0.29) is 12.3 Å². The third kappa shape index (κ3) is 3.66. The van der Waals surface area contributed by atoms with Crippen molar-refractivity contribution < 1.29 is 22.7 Å². The molecular weight excluding hydrogens is 305 g/mol. The minimum absolute atomic E-state index is 0.00289. The lowest BCUT2D eigenvalue weighted by atomic mass is 9.78. The van der Waals surface area contributed by atoms with Crippen molar-refractivity contribution in [2.24, 2.45) is 0 Å². The summed E-state index contributed by atoms with van der Waals surface area (Å²) >= 11 is 0. The first kappa shape index (κ1) is 15.8. The third-order valence-corrected chi connectivity index (χ3v) is 4.28. The second kappa shape index (κ2) is 6.22. The molecule has 1 unspecified atom stereocenters. The summed E-state index contributed by atoms with van der Waals surface area (Å²) in [5.74, 6) is -0.862. The summed E-state index contributed by atoms with van der Waals surface area (Å²) < 4.78 is 40.9. The number of alkyl halides is 3. The normalized spacial score (nSPS) is 17.8. The van der Waals surface area contributed by atoms with Crippen LogP contribution in [0.2, 0.25) is 0 Å². The molecule has 122 valence electrons. The highest BCUT2D eigenvalue weighted by Crippen LogP contribution is 2.39. The highest BCUT2D eigenvalue weighted by atomic mass is 19.4. The van der Waals surface area contributed by atoms with Gasteiger partial charge in [-0.15, -0.1) is 0 Å². The summed E-state index contributed by atoms with van der Waals surface area (Å²) in [6.07, 6.45) is -1.82. The van der Waals surface area contributed by atoms with Gasteiger partial charge in [-0.3, -0.25) is 4.79 Å². The predicted octanol–water partition coefficient (Wildman–Crippen LogP) is 4.76. The van der Waals surface area contributed by atoms with Gasteiger partial charge in [-0.25, -0.2) is 0 Å². The largest absolute Gasteiger partial charge is 0.456 e. The van der Waals surface area contributed by atoms with Gasteiger partial charge in [-0.2, -0.15) is 13.2 Å². The Morgan fingerprint density at radius 2 is 1.96 bits per heavy atom. The Morgan fingerprint density at radius 1 is 1.17 bits per heavy atom. The minimum Gasteiger partial charge on any atom is -0.456 e. The molecule has 0 saturated heterocycles. The van der Waals surface area contributed by atoms with Gasteiger partial charge in [0.05, 0.1) is 6.42 Å². The first-order valence-electron chi connectivity index (χ1n) is 7.67. The summed E-state index contributed by atoms with van der Waals surface area (Å²) in [5, 5.41) is 2.17. The quantitative estimate of drug-likeness (QED) is 0.762. The van der Waals surface area contributed by atoms with Gasteiger partial charge in [0.25, 0.3) is 0 Å². The van der Waals surface area contributed by atoms with E-state index in [1.54, 1.807) is 0 Å². The summed E-state index contributed by atoms with van der Waals surface area (Å²) in [6.45, 7) is -1.51. The van der Waals surface area contributed by atoms with Crippen LogP contribution in [0.25, 0.3) is 10.8 Å². The third-order valence-electron chi connectivity index (χ3n) is 4.28. The van der Waals surface area contributed by atoms with Crippen molar-refractivity contribution in [1.82, 2.24) is 0 Å². The number of carbonyl (C=O) groups excluding carboxylic acids is 1. The van der Waals surface area contributed by atoms with Gasteiger partial charge in [0, 0.05) is 0 Å². The molecule has 0 N–H and O–H groups in total. The van der Waals surface area contributed by atoms with Crippen molar-refractivity contribution in [2.45, 2.75) is 37.8 Å². The van der Waals surface area contributed by atoms with Gasteiger partial charge in [0.15, 0.2) is 6.61 Å². The molecule has 0 aromatic heterocycles. The molecule has 0 aliphatic heterocycles. The Morgan fingerprint density at radius 3 is 2.74 bits per heavy atom. The van der Waals surface area contributed by atoms with E-state index in [2.05, 4.69) is 16.9 Å². The lowest BCUT2D eigenvalue weighted by molar-refractivity contribution is -0.186. The zero-order valence-electron chi connectivity index (χ0n) is 12.5. The fraction of sp³-hybridized carbons (Fsp3) is 0.389. The number of carbonyl (C=O) groups is 1. The lowest BCUT2D eigenvalue weighted by Crippen LogP contribution is -2.22. The van der Waals surface area contributed by atoms with Crippen LogP contribution in [0.1, 0.15) is 36.3 Å². The van der Waals surface area contributed by atoms with Crippen molar-refractivity contribution in [2.75, 3.05) is 6.61 Å². The molecular formula is C18H17F3O2. The Hall–Kier alpha value is -2.04. The number of rotatable bonds is 3. The van der Waals surface area contributed by atoms with Gasteiger partial charge >= 0.3 is 12.1 Å². The standard InChI is InChI=1S/C18H17F3O2/c19-18(20,21)11-23-16(22)10-14-6-3-5-13-9-8-12-4-1-2-7-15(12)17(13)14/h1-2,4,7-9,14H,3,5-6,10-11H2. The molecule has 1 aliphatic rings. The molecule has 1 aliphatic carbocycles. The number of esters is 1. The highest BCUT2D eigenvalue weighted by Gasteiger charge is 2.31. The average Bonchev–Trinajstić information content (AvgIpc) is 2.52. The van der Waals surface area contributed by atoms with E-state index in [9.17, 15) is 18.0 Å². The minimum atomic E-state index is -4.48. The molecule has 5 heteroatoms. The maximum atomic E-state index is 12.2. The number of halogens is 3. The van der Waals surface area contributed by atoms with E-state index in [0.29, 0.717) is 0 Å². The maximum Gasteiger partial charge on any atom is 0.422 e. The predicted molar refractivity (Wildman–Crippen MR) is 81.3 cm³/mol. The van der Waals surface area contributed by atoms with Crippen LogP contribution in [-0.2, 0) is 16.0 Å². The van der Waals surface area contributed by atoms with Gasteiger partial charge < -0.3 is 4.74 Å². The Labute approximate surface area is 132 Å². The second-order valence-electron chi connectivity index (χ2n) is 5.93. The molecule has 0 amide bonds. The Balaban J connectivity index is 1.84. The number of benzene rings is 2. The van der Waals surface area contributed by atoms with Crippen LogP contribution in [0.15, 0.2) is 36.4 Å². The Kier molecular flexibility index (Phi) is 4.28. The maximum absolute atomic E-state index is 12.2. The number of hydrogen-bond donors (Lipinski definition) is 0. The van der Waals surface area contributed by atoms with E-state index >= 15 is 0 Å². The molecule has 1 atom stereocenters. The fourth-order valence-corrected chi connectivity index (χ4v) is 3.35. The average molecular weight is 322 g/mol. The molecule has 0 saturated carbocycles. The summed E-state index contributed by atoms with van der Waals surface area (Å²) in [5.41, 5.74) is 2.28. The van der Waals surface area contributed by atoms with Gasteiger partial charge in [-0.05, 0) is 47.1 Å². The van der Waals surface area contributed by atoms with E-state index in [1.807, 2.05) is 24.3 Å². The molecule has 2 aromatic carbocycles. The van der Waals surface area contributed by atoms with Crippen molar-refractivity contribution in [1.29, 1.82) is 0 Å². The van der Waals surface area contributed by atoms with Crippen LogP contribution in [0, 0.1) is 0 Å². The molecule has 3 rings (SSSR count). The molecule has 23 heavy (non-hydrogen) atoms. The van der Waals surface area contributed by atoms with Crippen molar-refractivity contribution >= 4 is 16.7 Å². The highest BCUT2D eigenvalue weighted by molar-refractivity contribution is 5.88. The molecule has 0 spiro atoms. The smallest absolute Gasteiger partial charge is 0.422 e. The number of ether oxygens (including phenoxy) is 1. The SMILES string of the molecule is O=C(CC1CCCc2ccc3ccccc3c21)OCC(F)(F)F. The molecule has 2 aromatic rings. The first-order valence-corrected chi connectivity index (χ1v) is 7.67. The van der Waals surface area contributed by atoms with Crippen LogP contribution >= 0.6 is 0 Å². The number of hydrogen-bond acceptors (Lipinski definition) is 2. The van der Waals surface area contributed by atoms with E-state index in [4.69, 9.17) is 0 Å². The summed E-state index contributed by atoms with van der Waals surface area (Å²) in [6, 6.07) is 12.0. The number of fused-ring (bicyclic) bond motifs is 3. The monoisotopic (exact) mass is 322 g/mol. The van der Waals surface area contributed by atoms with Crippen LogP contribution in [0.3, 0.4) is 0 Å². The second-order valence-corrected chi connectivity index (χ2v) is 5.93. The Bertz CT molecular complexity index is 722. The summed E-state index contributed by atoms with van der Waals surface area (Å²) in [7, 11) is 0. The van der Waals surface area contributed by atoms with Crippen molar-refractivity contribution in [3.63, 3.8) is 0 Å². The van der Waals surface area contributed by atoms with Crippen molar-refractivity contribution in [3.05, 3.63) is 47.5 Å². The van der Waals surface area contributed by atoms with E-state index in [1.165, 1.54) is 5.56 Å². The zero-order chi connectivity index (χ0) is 16.4. The molecule has 0 heterocycles. The van der Waals surface area contributed by atoms with Crippen LogP contribution in [-0.4, -0.2) is 18.8 Å². The van der Waals surface area contributed by atoms with E-state index in [0.717, 1.165) is 35.6 Å². The van der Waals surface area contributed by atoms with E-state index < -0.39 is 18.8 Å². The molecule has 2 nitrogen and oxygen atoms in total. The van der Waals surface area contributed by atoms with Crippen molar-refractivity contribution in [3.8, 4) is 0 Å². The molecule has 0 radical (unpaired) electrons. The lowest BCUT2D eigenvalue weighted by Gasteiger charge is -2.26. The fourth-order valence-electron chi connectivity index (χ4n) is 3.35. The summed E-state index contributed by atoms with van der Waals surface area (Å²) in [4.78, 5) is 11.8. The van der Waals surface area contributed by atoms with Gasteiger partial charge in [0.2, 0.25) is 0 Å². The van der Waals surface area contributed by atoms with Crippen LogP contribution in [0.4, 0.5) is 13.2 Å². The first-order chi connectivity index (χ1) is 10.9. The van der Waals surface area contributed by atoms with Gasteiger partial charge in [-0.1, -0.05) is 36.4 Å². The molecule has 0 bridgehead atoms. The topological polar surface area (TPSA) is 26.3 Å². The van der Waals surface area contributed by atoms with Gasteiger partial charge in [0.1, 0.15) is 0 Å². The zero-order valence-corrected chi connectivity index (χ0v) is 12.5. The number of aryl methyl sites for hydroxylation is 1. The van der Waals surface area contributed by atoms with Crippen LogP contribution < -0.4 is 0 Å².